The number of hydrogen-bond donors (Lipinski definition) is 1. The number of amides is 1. The van der Waals surface area contributed by atoms with Crippen molar-refractivity contribution >= 4 is 32.7 Å². The fourth-order valence-corrected chi connectivity index (χ4v) is 4.31. The summed E-state index contributed by atoms with van der Waals surface area (Å²) in [6.07, 6.45) is 0. The highest BCUT2D eigenvalue weighted by molar-refractivity contribution is 7.22. The molecule has 0 fully saturated rings. The minimum absolute atomic E-state index is 0.0945. The van der Waals surface area contributed by atoms with E-state index in [0.29, 0.717) is 18.0 Å². The third kappa shape index (κ3) is 4.38. The smallest absolute Gasteiger partial charge is 0.239 e. The summed E-state index contributed by atoms with van der Waals surface area (Å²) in [4.78, 5) is 19.1. The maximum Gasteiger partial charge on any atom is 0.239 e. The van der Waals surface area contributed by atoms with Crippen molar-refractivity contribution in [3.8, 4) is 17.2 Å². The first kappa shape index (κ1) is 21.6. The van der Waals surface area contributed by atoms with Gasteiger partial charge in [0.15, 0.2) is 22.3 Å². The number of para-hydroxylation sites is 1. The van der Waals surface area contributed by atoms with E-state index in [2.05, 4.69) is 10.4 Å². The average Bonchev–Trinajstić information content (AvgIpc) is 3.38. The molecule has 2 aromatic carbocycles. The quantitative estimate of drug-likeness (QED) is 0.441. The van der Waals surface area contributed by atoms with Crippen LogP contribution in [0.2, 0.25) is 0 Å². The molecule has 0 spiro atoms. The molecule has 0 aliphatic carbocycles. The number of likely N-dealkylation sites (N-methyl/N-ethyl adjacent to an activating group) is 1. The predicted molar refractivity (Wildman–Crippen MR) is 126 cm³/mol. The third-order valence-electron chi connectivity index (χ3n) is 5.02. The first-order valence-corrected chi connectivity index (χ1v) is 10.9. The molecule has 0 aliphatic heterocycles. The molecule has 8 nitrogen and oxygen atoms in total. The number of nitrogens with one attached hydrogen (secondary N) is 1. The molecule has 0 saturated heterocycles. The minimum atomic E-state index is -0.0945. The largest absolute Gasteiger partial charge is 0.493 e. The molecule has 0 unspecified atom stereocenters. The third-order valence-corrected chi connectivity index (χ3v) is 6.29. The van der Waals surface area contributed by atoms with Gasteiger partial charge in [0.05, 0.1) is 36.8 Å². The van der Waals surface area contributed by atoms with Crippen LogP contribution in [0.4, 0.5) is 5.13 Å². The fourth-order valence-electron chi connectivity index (χ4n) is 3.37. The highest BCUT2D eigenvalue weighted by Gasteiger charge is 2.18. The van der Waals surface area contributed by atoms with Gasteiger partial charge in [-0.15, -0.1) is 0 Å². The molecule has 4 aromatic rings. The number of methoxy groups -OCH3 is 2. The lowest BCUT2D eigenvalue weighted by atomic mass is 10.2. The van der Waals surface area contributed by atoms with Gasteiger partial charge in [-0.25, -0.2) is 4.68 Å². The molecule has 0 atom stereocenters. The maximum absolute atomic E-state index is 12.5. The van der Waals surface area contributed by atoms with Crippen molar-refractivity contribution in [2.45, 2.75) is 13.5 Å². The Hall–Kier alpha value is -3.59. The summed E-state index contributed by atoms with van der Waals surface area (Å²) in [6.45, 7) is 2.57. The molecule has 2 aromatic heterocycles. The first-order valence-electron chi connectivity index (χ1n) is 10.1. The monoisotopic (exact) mass is 451 g/mol. The van der Waals surface area contributed by atoms with E-state index in [1.165, 1.54) is 11.3 Å². The van der Waals surface area contributed by atoms with Gasteiger partial charge in [-0.3, -0.25) is 4.79 Å². The predicted octanol–water partition coefficient (Wildman–Crippen LogP) is 3.56. The second-order valence-corrected chi connectivity index (χ2v) is 8.28. The van der Waals surface area contributed by atoms with Crippen molar-refractivity contribution < 1.29 is 14.3 Å². The van der Waals surface area contributed by atoms with E-state index in [1.807, 2.05) is 72.1 Å². The number of fused-ring (bicyclic) bond motifs is 1. The van der Waals surface area contributed by atoms with Crippen LogP contribution in [0.3, 0.4) is 0 Å². The van der Waals surface area contributed by atoms with Gasteiger partial charge in [-0.05, 0) is 36.8 Å². The van der Waals surface area contributed by atoms with Gasteiger partial charge in [0.1, 0.15) is 0 Å². The second kappa shape index (κ2) is 9.27. The topological polar surface area (TPSA) is 81.5 Å². The molecule has 0 saturated carbocycles. The zero-order chi connectivity index (χ0) is 22.7. The maximum atomic E-state index is 12.5. The molecule has 1 N–H and O–H groups in total. The van der Waals surface area contributed by atoms with E-state index in [1.54, 1.807) is 14.2 Å². The molecular weight excluding hydrogens is 426 g/mol. The van der Waals surface area contributed by atoms with Crippen LogP contribution in [0, 0.1) is 6.92 Å². The van der Waals surface area contributed by atoms with Crippen molar-refractivity contribution in [3.05, 3.63) is 59.8 Å². The summed E-state index contributed by atoms with van der Waals surface area (Å²) < 4.78 is 13.4. The minimum Gasteiger partial charge on any atom is -0.493 e. The Morgan fingerprint density at radius 2 is 1.88 bits per heavy atom. The van der Waals surface area contributed by atoms with E-state index in [-0.39, 0.29) is 12.5 Å². The number of hydrogen-bond acceptors (Lipinski definition) is 7. The van der Waals surface area contributed by atoms with Crippen molar-refractivity contribution in [1.29, 1.82) is 0 Å². The molecule has 32 heavy (non-hydrogen) atoms. The van der Waals surface area contributed by atoms with E-state index in [0.717, 1.165) is 32.4 Å². The molecular formula is C23H25N5O3S. The summed E-state index contributed by atoms with van der Waals surface area (Å²) in [5, 5.41) is 8.34. The zero-order valence-corrected chi connectivity index (χ0v) is 19.3. The molecule has 4 rings (SSSR count). The number of anilines is 1. The summed E-state index contributed by atoms with van der Waals surface area (Å²) in [5.41, 5.74) is 3.60. The van der Waals surface area contributed by atoms with Crippen LogP contribution in [0.1, 0.15) is 11.3 Å². The van der Waals surface area contributed by atoms with Crippen LogP contribution >= 0.6 is 11.3 Å². The highest BCUT2D eigenvalue weighted by atomic mass is 32.1. The van der Waals surface area contributed by atoms with Crippen LogP contribution in [0.15, 0.2) is 48.5 Å². The van der Waals surface area contributed by atoms with Gasteiger partial charge < -0.3 is 19.7 Å². The zero-order valence-electron chi connectivity index (χ0n) is 18.5. The van der Waals surface area contributed by atoms with Gasteiger partial charge in [0.25, 0.3) is 0 Å². The van der Waals surface area contributed by atoms with E-state index >= 15 is 0 Å². The van der Waals surface area contributed by atoms with E-state index in [9.17, 15) is 4.79 Å². The lowest BCUT2D eigenvalue weighted by Crippen LogP contribution is -2.34. The molecule has 9 heteroatoms. The van der Waals surface area contributed by atoms with Crippen LogP contribution in [-0.4, -0.2) is 48.5 Å². The Bertz CT molecular complexity index is 1240. The molecule has 0 radical (unpaired) electrons. The Morgan fingerprint density at radius 1 is 1.12 bits per heavy atom. The van der Waals surface area contributed by atoms with Gasteiger partial charge in [0.2, 0.25) is 5.91 Å². The van der Waals surface area contributed by atoms with Crippen molar-refractivity contribution in [1.82, 2.24) is 20.1 Å². The lowest BCUT2D eigenvalue weighted by molar-refractivity contribution is -0.119. The first-order chi connectivity index (χ1) is 15.5. The highest BCUT2D eigenvalue weighted by Crippen LogP contribution is 2.32. The summed E-state index contributed by atoms with van der Waals surface area (Å²) >= 11 is 1.53. The number of thiazole rings is 1. The molecule has 0 bridgehead atoms. The second-order valence-electron chi connectivity index (χ2n) is 7.30. The number of carbonyl (C=O) groups is 1. The van der Waals surface area contributed by atoms with Crippen LogP contribution in [-0.2, 0) is 11.3 Å². The number of aromatic nitrogens is 3. The van der Waals surface area contributed by atoms with E-state index < -0.39 is 0 Å². The van der Waals surface area contributed by atoms with Crippen molar-refractivity contribution in [3.63, 3.8) is 0 Å². The Kier molecular flexibility index (Phi) is 6.27. The molecule has 166 valence electrons. The van der Waals surface area contributed by atoms with Crippen LogP contribution in [0.5, 0.6) is 11.5 Å². The van der Waals surface area contributed by atoms with Gasteiger partial charge in [-0.2, -0.15) is 10.1 Å². The standard InChI is InChI=1S/C23H25N5O3S/c1-15-21-22(28(26-15)17-8-6-5-7-9-17)25-23(32-21)27(2)14-20(29)24-13-16-10-11-18(30-3)19(12-16)31-4/h5-12H,13-14H2,1-4H3,(H,24,29). The summed E-state index contributed by atoms with van der Waals surface area (Å²) in [6, 6.07) is 15.5. The lowest BCUT2D eigenvalue weighted by Gasteiger charge is -2.15. The SMILES string of the molecule is COc1ccc(CNC(=O)CN(C)c2nc3c(s2)c(C)nn3-c2ccccc2)cc1OC. The number of rotatable bonds is 8. The summed E-state index contributed by atoms with van der Waals surface area (Å²) in [7, 11) is 5.05. The van der Waals surface area contributed by atoms with Crippen molar-refractivity contribution in [2.75, 3.05) is 32.7 Å². The number of benzene rings is 2. The fraction of sp³-hybridized carbons (Fsp3) is 0.261. The Balaban J connectivity index is 1.43. The normalized spacial score (nSPS) is 10.9. The van der Waals surface area contributed by atoms with Gasteiger partial charge in [0, 0.05) is 13.6 Å². The van der Waals surface area contributed by atoms with Crippen LogP contribution in [0.25, 0.3) is 16.0 Å². The Labute approximate surface area is 190 Å². The van der Waals surface area contributed by atoms with Gasteiger partial charge >= 0.3 is 0 Å². The summed E-state index contributed by atoms with van der Waals surface area (Å²) in [5.74, 6) is 1.19. The number of nitrogens with zero attached hydrogens (tertiary/aromatic N) is 4. The Morgan fingerprint density at radius 3 is 2.59 bits per heavy atom. The number of aryl methyl sites for hydroxylation is 1. The average molecular weight is 452 g/mol. The molecule has 2 heterocycles. The molecule has 0 aliphatic rings. The number of carbonyl (C=O) groups excluding carboxylic acids is 1. The number of ether oxygens (including phenoxy) is 2. The molecule has 1 amide bonds. The van der Waals surface area contributed by atoms with Crippen molar-refractivity contribution in [2.24, 2.45) is 0 Å². The van der Waals surface area contributed by atoms with Crippen LogP contribution < -0.4 is 19.7 Å². The van der Waals surface area contributed by atoms with Gasteiger partial charge in [-0.1, -0.05) is 35.6 Å². The van der Waals surface area contributed by atoms with E-state index in [4.69, 9.17) is 14.5 Å².